The van der Waals surface area contributed by atoms with Crippen LogP contribution in [0, 0.1) is 5.92 Å². The molecule has 13 heteroatoms. The zero-order valence-corrected chi connectivity index (χ0v) is 17.6. The van der Waals surface area contributed by atoms with E-state index in [1.807, 2.05) is 20.8 Å². The van der Waals surface area contributed by atoms with Crippen molar-refractivity contribution in [1.29, 1.82) is 0 Å². The predicted molar refractivity (Wildman–Crippen MR) is 109 cm³/mol. The maximum atomic E-state index is 13.0. The minimum absolute atomic E-state index is 0.0263. The first kappa shape index (κ1) is 24.3. The summed E-state index contributed by atoms with van der Waals surface area (Å²) in [4.78, 5) is 19.8. The quantitative estimate of drug-likeness (QED) is 0.438. The number of carbonyl (C=O) groups is 1. The van der Waals surface area contributed by atoms with Gasteiger partial charge in [-0.3, -0.25) is 9.35 Å². The zero-order chi connectivity index (χ0) is 23.6. The summed E-state index contributed by atoms with van der Waals surface area (Å²) in [6.45, 7) is 5.81. The highest BCUT2D eigenvalue weighted by molar-refractivity contribution is 7.86. The largest absolute Gasteiger partial charge is 0.411 e. The molecule has 0 saturated carbocycles. The Morgan fingerprint density at radius 2 is 1.74 bits per heavy atom. The minimum Gasteiger partial charge on any atom is -0.367 e. The van der Waals surface area contributed by atoms with E-state index in [-0.39, 0.29) is 35.0 Å². The van der Waals surface area contributed by atoms with Crippen LogP contribution in [-0.4, -0.2) is 41.1 Å². The number of nitrogens with one attached hydrogen (secondary N) is 2. The van der Waals surface area contributed by atoms with Crippen LogP contribution in [0.2, 0.25) is 0 Å². The summed E-state index contributed by atoms with van der Waals surface area (Å²) in [6.07, 6.45) is -3.98. The molecule has 0 aliphatic rings. The minimum atomic E-state index is -5.41. The first-order chi connectivity index (χ1) is 14.2. The van der Waals surface area contributed by atoms with Crippen molar-refractivity contribution in [3.63, 3.8) is 0 Å². The number of benzene rings is 1. The van der Waals surface area contributed by atoms with E-state index in [1.165, 1.54) is 18.3 Å². The number of hydrogen-bond acceptors (Lipinski definition) is 7. The molecule has 2 atom stereocenters. The molecule has 0 radical (unpaired) electrons. The van der Waals surface area contributed by atoms with Gasteiger partial charge >= 0.3 is 6.18 Å². The molecule has 0 aliphatic heterocycles. The molecule has 0 fully saturated rings. The summed E-state index contributed by atoms with van der Waals surface area (Å²) in [7, 11) is -5.41. The summed E-state index contributed by atoms with van der Waals surface area (Å²) >= 11 is 0. The van der Waals surface area contributed by atoms with Gasteiger partial charge in [0.2, 0.25) is 11.2 Å². The summed E-state index contributed by atoms with van der Waals surface area (Å²) in [5, 5.41) is 2.75. The molecule has 1 unspecified atom stereocenters. The van der Waals surface area contributed by atoms with Crippen LogP contribution in [0.5, 0.6) is 0 Å². The molecule has 0 aliphatic carbocycles. The number of rotatable bonds is 8. The first-order valence-corrected chi connectivity index (χ1v) is 10.5. The lowest BCUT2D eigenvalue weighted by Gasteiger charge is -2.20. The molecule has 1 amide bonds. The maximum absolute atomic E-state index is 13.0. The Hall–Kier alpha value is -2.93. The van der Waals surface area contributed by atoms with Crippen molar-refractivity contribution in [2.45, 2.75) is 38.2 Å². The van der Waals surface area contributed by atoms with Crippen LogP contribution >= 0.6 is 0 Å². The van der Waals surface area contributed by atoms with Gasteiger partial charge in [-0.05, 0) is 30.5 Å². The van der Waals surface area contributed by atoms with Crippen LogP contribution in [0.4, 0.5) is 30.6 Å². The van der Waals surface area contributed by atoms with E-state index in [4.69, 9.17) is 10.3 Å². The highest BCUT2D eigenvalue weighted by atomic mass is 32.2. The molecule has 1 aromatic heterocycles. The van der Waals surface area contributed by atoms with Crippen molar-refractivity contribution in [1.82, 2.24) is 9.97 Å². The number of nitrogens with two attached hydrogens (primary N) is 1. The van der Waals surface area contributed by atoms with Crippen LogP contribution in [0.25, 0.3) is 0 Å². The summed E-state index contributed by atoms with van der Waals surface area (Å²) in [5.41, 5.74) is 5.00. The second kappa shape index (κ2) is 9.06. The Morgan fingerprint density at radius 3 is 2.19 bits per heavy atom. The molecule has 2 rings (SSSR count). The Balaban J connectivity index is 2.31. The van der Waals surface area contributed by atoms with E-state index in [9.17, 15) is 26.4 Å². The van der Waals surface area contributed by atoms with Crippen molar-refractivity contribution in [3.8, 4) is 0 Å². The lowest BCUT2D eigenvalue weighted by atomic mass is 10.1. The number of aromatic nitrogens is 2. The van der Waals surface area contributed by atoms with Crippen LogP contribution in [-0.2, 0) is 10.1 Å². The number of alkyl halides is 3. The molecule has 2 aromatic rings. The van der Waals surface area contributed by atoms with E-state index >= 15 is 0 Å². The van der Waals surface area contributed by atoms with Gasteiger partial charge in [-0.15, -0.1) is 0 Å². The third-order valence-electron chi connectivity index (χ3n) is 4.48. The van der Waals surface area contributed by atoms with Gasteiger partial charge in [0, 0.05) is 17.9 Å². The molecule has 1 aromatic carbocycles. The molecule has 0 bridgehead atoms. The molecular formula is C18H22F3N5O4S. The molecule has 1 heterocycles. The molecule has 9 nitrogen and oxygen atoms in total. The topological polar surface area (TPSA) is 147 Å². The molecular weight excluding hydrogens is 439 g/mol. The van der Waals surface area contributed by atoms with Crippen LogP contribution < -0.4 is 16.4 Å². The van der Waals surface area contributed by atoms with E-state index in [0.717, 1.165) is 12.1 Å². The van der Waals surface area contributed by atoms with Crippen molar-refractivity contribution in [2.75, 3.05) is 10.6 Å². The average Bonchev–Trinajstić information content (AvgIpc) is 2.60. The molecule has 170 valence electrons. The number of amides is 1. The van der Waals surface area contributed by atoms with E-state index < -0.39 is 33.0 Å². The standard InChI is InChI=1S/C18H22F3N5O4S/c1-9(2)10(3)24-16-13(15(22)27)8-23-17(26-16)25-12-6-4-11(5-7-12)14(18(19,20)21)31(28,29)30/h4-10,14H,1-3H3,(H2,22,27)(H,28,29,30)(H2,23,24,25,26)/t10?,14-/m1/s1. The van der Waals surface area contributed by atoms with Gasteiger partial charge < -0.3 is 16.4 Å². The van der Waals surface area contributed by atoms with Crippen molar-refractivity contribution in [2.24, 2.45) is 11.7 Å². The van der Waals surface area contributed by atoms with Crippen molar-refractivity contribution < 1.29 is 30.9 Å². The fraction of sp³-hybridized carbons (Fsp3) is 0.389. The van der Waals surface area contributed by atoms with E-state index in [2.05, 4.69) is 20.6 Å². The normalized spacial score (nSPS) is 14.2. The highest BCUT2D eigenvalue weighted by Crippen LogP contribution is 2.39. The van der Waals surface area contributed by atoms with Crippen LogP contribution in [0.15, 0.2) is 30.5 Å². The average molecular weight is 461 g/mol. The SMILES string of the molecule is CC(C)C(C)Nc1nc(Nc2ccc([C@H](C(F)(F)F)S(=O)(=O)O)cc2)ncc1C(N)=O. The van der Waals surface area contributed by atoms with Crippen molar-refractivity contribution >= 4 is 33.5 Å². The Kier molecular flexibility index (Phi) is 7.11. The summed E-state index contributed by atoms with van der Waals surface area (Å²) < 4.78 is 70.4. The van der Waals surface area contributed by atoms with Crippen molar-refractivity contribution in [3.05, 3.63) is 41.6 Å². The highest BCUT2D eigenvalue weighted by Gasteiger charge is 2.49. The van der Waals surface area contributed by atoms with Gasteiger partial charge in [-0.2, -0.15) is 26.6 Å². The Morgan fingerprint density at radius 1 is 1.16 bits per heavy atom. The molecule has 0 spiro atoms. The second-order valence-corrected chi connectivity index (χ2v) is 8.68. The van der Waals surface area contributed by atoms with Gasteiger partial charge in [-0.1, -0.05) is 26.0 Å². The number of primary amides is 1. The Labute approximate surface area is 177 Å². The van der Waals surface area contributed by atoms with Crippen LogP contribution in [0.1, 0.15) is 41.9 Å². The fourth-order valence-corrected chi connectivity index (χ4v) is 3.35. The van der Waals surface area contributed by atoms with E-state index in [0.29, 0.717) is 0 Å². The predicted octanol–water partition coefficient (Wildman–Crippen LogP) is 3.27. The number of nitrogens with zero attached hydrogens (tertiary/aromatic N) is 2. The molecule has 0 saturated heterocycles. The van der Waals surface area contributed by atoms with Crippen LogP contribution in [0.3, 0.4) is 0 Å². The smallest absolute Gasteiger partial charge is 0.367 e. The maximum Gasteiger partial charge on any atom is 0.411 e. The fourth-order valence-electron chi connectivity index (χ4n) is 2.51. The number of hydrogen-bond donors (Lipinski definition) is 4. The first-order valence-electron chi connectivity index (χ1n) is 9.03. The monoisotopic (exact) mass is 461 g/mol. The lowest BCUT2D eigenvalue weighted by Crippen LogP contribution is -2.28. The second-order valence-electron chi connectivity index (χ2n) is 7.18. The van der Waals surface area contributed by atoms with Gasteiger partial charge in [0.05, 0.1) is 5.56 Å². The van der Waals surface area contributed by atoms with Gasteiger partial charge in [0.1, 0.15) is 5.82 Å². The molecule has 31 heavy (non-hydrogen) atoms. The Bertz CT molecular complexity index is 1040. The number of anilines is 3. The number of carbonyl (C=O) groups excluding carboxylic acids is 1. The lowest BCUT2D eigenvalue weighted by molar-refractivity contribution is -0.132. The van der Waals surface area contributed by atoms with Gasteiger partial charge in [-0.25, -0.2) is 4.98 Å². The van der Waals surface area contributed by atoms with Gasteiger partial charge in [0.15, 0.2) is 0 Å². The number of halogens is 3. The van der Waals surface area contributed by atoms with E-state index in [1.54, 1.807) is 0 Å². The summed E-state index contributed by atoms with van der Waals surface area (Å²) in [5.74, 6) is -0.313. The third kappa shape index (κ3) is 6.28. The summed E-state index contributed by atoms with van der Waals surface area (Å²) in [6, 6.07) is 4.11. The third-order valence-corrected chi connectivity index (χ3v) is 5.62. The van der Waals surface area contributed by atoms with Gasteiger partial charge in [0.25, 0.3) is 16.0 Å². The zero-order valence-electron chi connectivity index (χ0n) is 16.8. The molecule has 5 N–H and O–H groups in total.